The number of phenols is 1. The van der Waals surface area contributed by atoms with Gasteiger partial charge in [0.25, 0.3) is 5.91 Å². The van der Waals surface area contributed by atoms with Crippen molar-refractivity contribution in [2.75, 3.05) is 11.9 Å². The van der Waals surface area contributed by atoms with Gasteiger partial charge in [0.2, 0.25) is 5.91 Å². The molecule has 0 atom stereocenters. The van der Waals surface area contributed by atoms with Crippen LogP contribution in [-0.2, 0) is 9.59 Å². The van der Waals surface area contributed by atoms with Crippen LogP contribution in [0.3, 0.4) is 0 Å². The topological polar surface area (TPSA) is 69.6 Å². The molecule has 2 aromatic rings. The zero-order valence-electron chi connectivity index (χ0n) is 14.5. The largest absolute Gasteiger partial charge is 0.506 e. The van der Waals surface area contributed by atoms with Crippen molar-refractivity contribution >= 4 is 83.7 Å². The molecule has 1 aliphatic rings. The van der Waals surface area contributed by atoms with Crippen LogP contribution >= 0.6 is 55.8 Å². The maximum absolute atomic E-state index is 12.7. The molecule has 0 saturated carbocycles. The summed E-state index contributed by atoms with van der Waals surface area (Å²) < 4.78 is 1.54. The Morgan fingerprint density at radius 1 is 1.29 bits per heavy atom. The van der Waals surface area contributed by atoms with Crippen LogP contribution in [0.4, 0.5) is 5.69 Å². The number of hydrogen-bond donors (Lipinski definition) is 2. The quantitative estimate of drug-likeness (QED) is 0.418. The summed E-state index contributed by atoms with van der Waals surface area (Å²) in [4.78, 5) is 26.6. The number of thiocarbonyl (C=S) groups is 1. The molecule has 144 valence electrons. The zero-order valence-corrected chi connectivity index (χ0v) is 19.3. The fourth-order valence-corrected chi connectivity index (χ4v) is 4.96. The van der Waals surface area contributed by atoms with Gasteiger partial charge in [-0.05, 0) is 53.2 Å². The molecule has 0 bridgehead atoms. The van der Waals surface area contributed by atoms with E-state index in [4.69, 9.17) is 12.2 Å². The highest BCUT2D eigenvalue weighted by atomic mass is 79.9. The van der Waals surface area contributed by atoms with E-state index >= 15 is 0 Å². The predicted octanol–water partition coefficient (Wildman–Crippen LogP) is 5.07. The number of rotatable bonds is 4. The minimum Gasteiger partial charge on any atom is -0.506 e. The van der Waals surface area contributed by atoms with Crippen LogP contribution in [-0.4, -0.2) is 32.7 Å². The van der Waals surface area contributed by atoms with Crippen molar-refractivity contribution < 1.29 is 14.7 Å². The molecule has 3 rings (SSSR count). The Morgan fingerprint density at radius 2 is 1.96 bits per heavy atom. The van der Waals surface area contributed by atoms with Gasteiger partial charge < -0.3 is 10.4 Å². The van der Waals surface area contributed by atoms with Crippen molar-refractivity contribution in [3.8, 4) is 5.75 Å². The molecule has 2 aromatic carbocycles. The van der Waals surface area contributed by atoms with Gasteiger partial charge in [0.15, 0.2) is 0 Å². The van der Waals surface area contributed by atoms with Gasteiger partial charge in [-0.25, -0.2) is 0 Å². The second-order valence-corrected chi connectivity index (χ2v) is 9.45. The van der Waals surface area contributed by atoms with E-state index < -0.39 is 0 Å². The Morgan fingerprint density at radius 3 is 2.64 bits per heavy atom. The van der Waals surface area contributed by atoms with Crippen LogP contribution < -0.4 is 5.32 Å². The van der Waals surface area contributed by atoms with Crippen molar-refractivity contribution in [2.45, 2.75) is 6.92 Å². The monoisotopic (exact) mass is 540 g/mol. The van der Waals surface area contributed by atoms with Gasteiger partial charge >= 0.3 is 0 Å². The van der Waals surface area contributed by atoms with Crippen LogP contribution in [0, 0.1) is 6.92 Å². The summed E-state index contributed by atoms with van der Waals surface area (Å²) in [6, 6.07) is 10.8. The molecule has 1 heterocycles. The number of amides is 2. The van der Waals surface area contributed by atoms with Gasteiger partial charge in [-0.3, -0.25) is 14.5 Å². The molecule has 2 N–H and O–H groups in total. The highest BCUT2D eigenvalue weighted by molar-refractivity contribution is 9.11. The summed E-state index contributed by atoms with van der Waals surface area (Å²) in [6.07, 6.45) is 1.56. The lowest BCUT2D eigenvalue weighted by Crippen LogP contribution is -2.36. The van der Waals surface area contributed by atoms with E-state index in [1.54, 1.807) is 30.3 Å². The SMILES string of the molecule is Cc1ccc(NC(=O)CN2C(=O)/C(=C/c3cc(Br)cc(Br)c3O)SC2=S)cc1. The number of halogens is 2. The number of nitrogens with zero attached hydrogens (tertiary/aromatic N) is 1. The maximum Gasteiger partial charge on any atom is 0.266 e. The number of phenolic OH excluding ortho intramolecular Hbond substituents is 1. The third-order valence-electron chi connectivity index (χ3n) is 3.85. The average molecular weight is 542 g/mol. The van der Waals surface area contributed by atoms with Crippen LogP contribution in [0.2, 0.25) is 0 Å². The predicted molar refractivity (Wildman–Crippen MR) is 123 cm³/mol. The molecule has 0 unspecified atom stereocenters. The lowest BCUT2D eigenvalue weighted by atomic mass is 10.2. The van der Waals surface area contributed by atoms with E-state index in [9.17, 15) is 14.7 Å². The Bertz CT molecular complexity index is 1010. The van der Waals surface area contributed by atoms with E-state index in [0.29, 0.717) is 24.9 Å². The van der Waals surface area contributed by atoms with Gasteiger partial charge in [0.1, 0.15) is 16.6 Å². The van der Waals surface area contributed by atoms with E-state index in [2.05, 4.69) is 37.2 Å². The Hall–Kier alpha value is -1.68. The fraction of sp³-hybridized carbons (Fsp3) is 0.105. The maximum atomic E-state index is 12.7. The van der Waals surface area contributed by atoms with Crippen molar-refractivity contribution in [1.29, 1.82) is 0 Å². The van der Waals surface area contributed by atoms with Crippen LogP contribution in [0.15, 0.2) is 50.2 Å². The molecular weight excluding hydrogens is 528 g/mol. The molecule has 0 radical (unpaired) electrons. The number of anilines is 1. The van der Waals surface area contributed by atoms with Gasteiger partial charge in [-0.1, -0.05) is 57.6 Å². The van der Waals surface area contributed by atoms with E-state index in [1.165, 1.54) is 4.90 Å². The number of aryl methyl sites for hydroxylation is 1. The molecule has 1 fully saturated rings. The Labute approximate surface area is 188 Å². The average Bonchev–Trinajstić information content (AvgIpc) is 2.88. The molecule has 5 nitrogen and oxygen atoms in total. The summed E-state index contributed by atoms with van der Waals surface area (Å²) >= 11 is 13.0. The summed E-state index contributed by atoms with van der Waals surface area (Å²) in [5.74, 6) is -0.690. The number of nitrogens with one attached hydrogen (secondary N) is 1. The van der Waals surface area contributed by atoms with Crippen molar-refractivity contribution in [3.05, 3.63) is 61.4 Å². The Balaban J connectivity index is 1.74. The van der Waals surface area contributed by atoms with E-state index in [1.807, 2.05) is 19.1 Å². The van der Waals surface area contributed by atoms with Crippen molar-refractivity contribution in [1.82, 2.24) is 4.90 Å². The van der Waals surface area contributed by atoms with E-state index in [-0.39, 0.29) is 24.1 Å². The smallest absolute Gasteiger partial charge is 0.266 e. The second kappa shape index (κ2) is 8.77. The highest BCUT2D eigenvalue weighted by Gasteiger charge is 2.33. The normalized spacial score (nSPS) is 15.4. The standard InChI is InChI=1S/C19H14Br2N2O3S2/c1-10-2-4-13(5-3-10)22-16(24)9-23-18(26)15(28-19(23)27)7-11-6-12(20)8-14(21)17(11)25/h2-8,25H,9H2,1H3,(H,22,24)/b15-7-. The third kappa shape index (κ3) is 4.83. The first kappa shape index (κ1) is 21.0. The first-order valence-corrected chi connectivity index (χ1v) is 10.9. The zero-order chi connectivity index (χ0) is 20.4. The fourth-order valence-electron chi connectivity index (χ4n) is 2.45. The minimum atomic E-state index is -0.371. The van der Waals surface area contributed by atoms with Crippen molar-refractivity contribution in [3.63, 3.8) is 0 Å². The highest BCUT2D eigenvalue weighted by Crippen LogP contribution is 2.37. The number of carbonyl (C=O) groups excluding carboxylic acids is 2. The summed E-state index contributed by atoms with van der Waals surface area (Å²) in [5, 5.41) is 12.9. The lowest BCUT2D eigenvalue weighted by molar-refractivity contribution is -0.126. The van der Waals surface area contributed by atoms with E-state index in [0.717, 1.165) is 21.8 Å². The number of hydrogen-bond acceptors (Lipinski definition) is 5. The molecular formula is C19H14Br2N2O3S2. The molecule has 1 aliphatic heterocycles. The molecule has 0 aliphatic carbocycles. The molecule has 0 aromatic heterocycles. The number of thioether (sulfide) groups is 1. The minimum absolute atomic E-state index is 0.0191. The summed E-state index contributed by atoms with van der Waals surface area (Å²) in [7, 11) is 0. The molecule has 28 heavy (non-hydrogen) atoms. The number of aromatic hydroxyl groups is 1. The molecule has 0 spiro atoms. The Kier molecular flexibility index (Phi) is 6.59. The summed E-state index contributed by atoms with van der Waals surface area (Å²) in [5.41, 5.74) is 2.20. The lowest BCUT2D eigenvalue weighted by Gasteiger charge is -2.14. The number of carbonyl (C=O) groups is 2. The molecule has 2 amide bonds. The molecule has 1 saturated heterocycles. The number of benzene rings is 2. The van der Waals surface area contributed by atoms with Gasteiger partial charge in [-0.2, -0.15) is 0 Å². The second-order valence-electron chi connectivity index (χ2n) is 6.01. The molecule has 9 heteroatoms. The first-order chi connectivity index (χ1) is 13.2. The van der Waals surface area contributed by atoms with Gasteiger partial charge in [0.05, 0.1) is 9.38 Å². The van der Waals surface area contributed by atoms with Gasteiger partial charge in [-0.15, -0.1) is 0 Å². The van der Waals surface area contributed by atoms with Crippen LogP contribution in [0.5, 0.6) is 5.75 Å². The van der Waals surface area contributed by atoms with Crippen LogP contribution in [0.25, 0.3) is 6.08 Å². The van der Waals surface area contributed by atoms with Crippen molar-refractivity contribution in [2.24, 2.45) is 0 Å². The van der Waals surface area contributed by atoms with Crippen LogP contribution in [0.1, 0.15) is 11.1 Å². The summed E-state index contributed by atoms with van der Waals surface area (Å²) in [6.45, 7) is 1.78. The van der Waals surface area contributed by atoms with Gasteiger partial charge in [0, 0.05) is 15.7 Å². The third-order valence-corrected chi connectivity index (χ3v) is 6.29. The first-order valence-electron chi connectivity index (χ1n) is 8.04.